The van der Waals surface area contributed by atoms with Gasteiger partial charge in [0.2, 0.25) is 0 Å². The zero-order valence-electron chi connectivity index (χ0n) is 10.2. The number of halogens is 3. The van der Waals surface area contributed by atoms with E-state index < -0.39 is 40.6 Å². The molecule has 3 N–H and O–H groups in total. The lowest BCUT2D eigenvalue weighted by molar-refractivity contribution is -0.143. The number of nitrogens with one attached hydrogen (secondary N) is 2. The number of carbonyl (C=O) groups is 2. The molecule has 0 radical (unpaired) electrons. The molecule has 8 heteroatoms. The van der Waals surface area contributed by atoms with Crippen LogP contribution in [0.3, 0.4) is 0 Å². The van der Waals surface area contributed by atoms with E-state index in [9.17, 15) is 22.8 Å². The first-order chi connectivity index (χ1) is 9.34. The standard InChI is InChI=1S/C12H11F3N2O3/c13-6-3-8(15)9(4-7(6)14)17-11(20)16-5-12(1-2-12)10(18)19/h3-4H,1-2,5H2,(H,18,19)(H2,16,17,20). The van der Waals surface area contributed by atoms with Crippen molar-refractivity contribution in [3.05, 3.63) is 29.6 Å². The SMILES string of the molecule is O=C(NCC1(C(=O)O)CC1)Nc1cc(F)c(F)cc1F. The molecule has 108 valence electrons. The number of carboxylic acids is 1. The number of hydrogen-bond donors (Lipinski definition) is 3. The van der Waals surface area contributed by atoms with Crippen molar-refractivity contribution in [1.29, 1.82) is 0 Å². The van der Waals surface area contributed by atoms with Crippen LogP contribution in [0.1, 0.15) is 12.8 Å². The predicted molar refractivity (Wildman–Crippen MR) is 62.6 cm³/mol. The Kier molecular flexibility index (Phi) is 3.56. The Balaban J connectivity index is 1.95. The molecule has 0 heterocycles. The monoisotopic (exact) mass is 288 g/mol. The molecule has 0 bridgehead atoms. The van der Waals surface area contributed by atoms with Gasteiger partial charge in [-0.05, 0) is 12.8 Å². The van der Waals surface area contributed by atoms with E-state index in [-0.39, 0.29) is 6.54 Å². The van der Waals surface area contributed by atoms with E-state index in [1.165, 1.54) is 0 Å². The molecule has 0 unspecified atom stereocenters. The fraction of sp³-hybridized carbons (Fsp3) is 0.333. The lowest BCUT2D eigenvalue weighted by Crippen LogP contribution is -2.37. The Labute approximate surface area is 111 Å². The van der Waals surface area contributed by atoms with E-state index in [0.717, 1.165) is 0 Å². The molecule has 20 heavy (non-hydrogen) atoms. The summed E-state index contributed by atoms with van der Waals surface area (Å²) in [7, 11) is 0. The summed E-state index contributed by atoms with van der Waals surface area (Å²) in [4.78, 5) is 22.3. The summed E-state index contributed by atoms with van der Waals surface area (Å²) in [6, 6.07) is -0.0683. The van der Waals surface area contributed by atoms with Gasteiger partial charge in [-0.3, -0.25) is 4.79 Å². The van der Waals surface area contributed by atoms with E-state index >= 15 is 0 Å². The van der Waals surface area contributed by atoms with Crippen molar-refractivity contribution >= 4 is 17.7 Å². The molecule has 1 aliphatic rings. The molecule has 0 aromatic heterocycles. The van der Waals surface area contributed by atoms with E-state index in [0.29, 0.717) is 25.0 Å². The first-order valence-corrected chi connectivity index (χ1v) is 5.77. The fourth-order valence-electron chi connectivity index (χ4n) is 1.65. The maximum atomic E-state index is 13.3. The van der Waals surface area contributed by atoms with E-state index in [1.807, 2.05) is 5.32 Å². The molecule has 1 aliphatic carbocycles. The van der Waals surface area contributed by atoms with Crippen molar-refractivity contribution in [3.8, 4) is 0 Å². The highest BCUT2D eigenvalue weighted by molar-refractivity contribution is 5.90. The van der Waals surface area contributed by atoms with Crippen LogP contribution < -0.4 is 10.6 Å². The van der Waals surface area contributed by atoms with E-state index in [4.69, 9.17) is 5.11 Å². The second kappa shape index (κ2) is 5.03. The Morgan fingerprint density at radius 2 is 1.75 bits per heavy atom. The molecular weight excluding hydrogens is 277 g/mol. The topological polar surface area (TPSA) is 78.4 Å². The lowest BCUT2D eigenvalue weighted by Gasteiger charge is -2.12. The first kappa shape index (κ1) is 14.2. The number of carbonyl (C=O) groups excluding carboxylic acids is 1. The molecule has 0 spiro atoms. The van der Waals surface area contributed by atoms with Crippen molar-refractivity contribution in [2.75, 3.05) is 11.9 Å². The van der Waals surface area contributed by atoms with Gasteiger partial charge in [-0.25, -0.2) is 18.0 Å². The van der Waals surface area contributed by atoms with Gasteiger partial charge in [0.05, 0.1) is 11.1 Å². The first-order valence-electron chi connectivity index (χ1n) is 5.77. The van der Waals surface area contributed by atoms with Gasteiger partial charge in [-0.1, -0.05) is 0 Å². The fourth-order valence-corrected chi connectivity index (χ4v) is 1.65. The normalized spacial score (nSPS) is 15.6. The average Bonchev–Trinajstić information content (AvgIpc) is 3.15. The molecule has 2 amide bonds. The predicted octanol–water partition coefficient (Wildman–Crippen LogP) is 2.09. The minimum absolute atomic E-state index is 0.112. The number of rotatable bonds is 4. The van der Waals surface area contributed by atoms with Crippen LogP contribution >= 0.6 is 0 Å². The molecule has 5 nitrogen and oxygen atoms in total. The molecular formula is C12H11F3N2O3. The van der Waals surface area contributed by atoms with Crippen molar-refractivity contribution in [2.45, 2.75) is 12.8 Å². The number of urea groups is 1. The maximum absolute atomic E-state index is 13.3. The highest BCUT2D eigenvalue weighted by Crippen LogP contribution is 2.45. The summed E-state index contributed by atoms with van der Waals surface area (Å²) in [6.45, 7) is -0.112. The van der Waals surface area contributed by atoms with Crippen molar-refractivity contribution in [3.63, 3.8) is 0 Å². The summed E-state index contributed by atoms with van der Waals surface area (Å²) in [5.74, 6) is -4.81. The van der Waals surface area contributed by atoms with Gasteiger partial charge in [0, 0.05) is 18.7 Å². The van der Waals surface area contributed by atoms with Crippen molar-refractivity contribution < 1.29 is 27.9 Å². The van der Waals surface area contributed by atoms with Gasteiger partial charge in [-0.15, -0.1) is 0 Å². The lowest BCUT2D eigenvalue weighted by atomic mass is 10.1. The van der Waals surface area contributed by atoms with Crippen LogP contribution in [-0.4, -0.2) is 23.7 Å². The zero-order valence-corrected chi connectivity index (χ0v) is 10.2. The third kappa shape index (κ3) is 2.84. The second-order valence-electron chi connectivity index (χ2n) is 4.64. The van der Waals surface area contributed by atoms with Crippen LogP contribution in [0, 0.1) is 22.9 Å². The largest absolute Gasteiger partial charge is 0.481 e. The van der Waals surface area contributed by atoms with Gasteiger partial charge < -0.3 is 15.7 Å². The number of carboxylic acid groups (broad SMARTS) is 1. The third-order valence-electron chi connectivity index (χ3n) is 3.15. The summed E-state index contributed by atoms with van der Waals surface area (Å²) < 4.78 is 38.9. The highest BCUT2D eigenvalue weighted by Gasteiger charge is 2.50. The summed E-state index contributed by atoms with van der Waals surface area (Å²) >= 11 is 0. The molecule has 1 fully saturated rings. The second-order valence-corrected chi connectivity index (χ2v) is 4.64. The number of hydrogen-bond acceptors (Lipinski definition) is 2. The third-order valence-corrected chi connectivity index (χ3v) is 3.15. The van der Waals surface area contributed by atoms with Gasteiger partial charge in [0.15, 0.2) is 11.6 Å². The quantitative estimate of drug-likeness (QED) is 0.742. The Morgan fingerprint density at radius 3 is 2.30 bits per heavy atom. The molecule has 2 rings (SSSR count). The van der Waals surface area contributed by atoms with Crippen molar-refractivity contribution in [2.24, 2.45) is 5.41 Å². The number of anilines is 1. The van der Waals surface area contributed by atoms with Crippen molar-refractivity contribution in [1.82, 2.24) is 5.32 Å². The molecule has 0 atom stereocenters. The minimum Gasteiger partial charge on any atom is -0.481 e. The number of amides is 2. The average molecular weight is 288 g/mol. The van der Waals surface area contributed by atoms with Crippen LogP contribution in [0.25, 0.3) is 0 Å². The Hall–Kier alpha value is -2.25. The van der Waals surface area contributed by atoms with Gasteiger partial charge in [-0.2, -0.15) is 0 Å². The molecule has 1 aromatic carbocycles. The Morgan fingerprint density at radius 1 is 1.15 bits per heavy atom. The van der Waals surface area contributed by atoms with Crippen LogP contribution in [0.2, 0.25) is 0 Å². The van der Waals surface area contributed by atoms with Crippen LogP contribution in [0.5, 0.6) is 0 Å². The molecule has 1 aromatic rings. The van der Waals surface area contributed by atoms with Crippen LogP contribution in [0.15, 0.2) is 12.1 Å². The van der Waals surface area contributed by atoms with Gasteiger partial charge >= 0.3 is 12.0 Å². The summed E-state index contributed by atoms with van der Waals surface area (Å²) in [5, 5.41) is 13.2. The van der Waals surface area contributed by atoms with E-state index in [2.05, 4.69) is 5.32 Å². The number of benzene rings is 1. The molecule has 1 saturated carbocycles. The summed E-state index contributed by atoms with van der Waals surface area (Å²) in [6.07, 6.45) is 0.893. The zero-order chi connectivity index (χ0) is 14.9. The van der Waals surface area contributed by atoms with Gasteiger partial charge in [0.25, 0.3) is 0 Å². The number of aliphatic carboxylic acids is 1. The molecule has 0 saturated heterocycles. The highest BCUT2D eigenvalue weighted by atomic mass is 19.2. The summed E-state index contributed by atoms with van der Waals surface area (Å²) in [5.41, 5.74) is -1.49. The Bertz CT molecular complexity index is 573. The van der Waals surface area contributed by atoms with Crippen LogP contribution in [-0.2, 0) is 4.79 Å². The molecule has 0 aliphatic heterocycles. The smallest absolute Gasteiger partial charge is 0.319 e. The van der Waals surface area contributed by atoms with Crippen LogP contribution in [0.4, 0.5) is 23.7 Å². The van der Waals surface area contributed by atoms with E-state index in [1.54, 1.807) is 0 Å². The minimum atomic E-state index is -1.36. The van der Waals surface area contributed by atoms with Gasteiger partial charge in [0.1, 0.15) is 5.82 Å². The maximum Gasteiger partial charge on any atom is 0.319 e.